The summed E-state index contributed by atoms with van der Waals surface area (Å²) in [6, 6.07) is 1.87. The first-order valence-corrected chi connectivity index (χ1v) is 8.86. The first-order chi connectivity index (χ1) is 11.3. The van der Waals surface area contributed by atoms with E-state index in [0.29, 0.717) is 6.42 Å². The Hall–Kier alpha value is -1.70. The summed E-state index contributed by atoms with van der Waals surface area (Å²) < 4.78 is 5.05. The zero-order chi connectivity index (χ0) is 15.9. The van der Waals surface area contributed by atoms with Gasteiger partial charge in [0.05, 0.1) is 18.4 Å². The molecule has 3 rings (SSSR count). The molecule has 1 fully saturated rings. The van der Waals surface area contributed by atoms with Crippen LogP contribution in [0.3, 0.4) is 0 Å². The third-order valence-corrected chi connectivity index (χ3v) is 4.78. The lowest BCUT2D eigenvalue weighted by Gasteiger charge is -2.27. The fraction of sp³-hybridized carbons (Fsp3) is 0.500. The average molecular weight is 334 g/mol. The minimum absolute atomic E-state index is 0.0364. The van der Waals surface area contributed by atoms with Crippen molar-refractivity contribution in [3.8, 4) is 10.6 Å². The Kier molecular flexibility index (Phi) is 5.79. The number of hydrogen-bond acceptors (Lipinski definition) is 6. The van der Waals surface area contributed by atoms with Crippen LogP contribution in [0.15, 0.2) is 28.4 Å². The van der Waals surface area contributed by atoms with Crippen LogP contribution in [0, 0.1) is 0 Å². The third-order valence-electron chi connectivity index (χ3n) is 3.84. The summed E-state index contributed by atoms with van der Waals surface area (Å²) in [6.45, 7) is 6.10. The van der Waals surface area contributed by atoms with Gasteiger partial charge in [-0.15, -0.1) is 11.3 Å². The second-order valence-corrected chi connectivity index (χ2v) is 6.49. The monoisotopic (exact) mass is 334 g/mol. The van der Waals surface area contributed by atoms with Gasteiger partial charge in [0.15, 0.2) is 0 Å². The molecule has 0 saturated carbocycles. The van der Waals surface area contributed by atoms with E-state index < -0.39 is 0 Å². The molecule has 7 heteroatoms. The molecule has 0 atom stereocenters. The van der Waals surface area contributed by atoms with Crippen molar-refractivity contribution < 1.29 is 9.21 Å². The number of nitrogens with zero attached hydrogens (tertiary/aromatic N) is 2. The number of thiazole rings is 1. The van der Waals surface area contributed by atoms with Gasteiger partial charge in [-0.25, -0.2) is 4.98 Å². The molecule has 0 unspecified atom stereocenters. The summed E-state index contributed by atoms with van der Waals surface area (Å²) in [6.07, 6.45) is 4.62. The minimum atomic E-state index is 0.0364. The predicted molar refractivity (Wildman–Crippen MR) is 90.5 cm³/mol. The highest BCUT2D eigenvalue weighted by Gasteiger charge is 2.11. The summed E-state index contributed by atoms with van der Waals surface area (Å²) in [5.41, 5.74) is 1.77. The van der Waals surface area contributed by atoms with Crippen LogP contribution < -0.4 is 10.6 Å². The standard InChI is InChI=1S/C16H22N4O2S/c21-15(18-3-1-6-20-7-4-17-5-8-20)10-14-12-23-16(19-14)13-2-9-22-11-13/h2,9,11-12,17H,1,3-8,10H2,(H,18,21). The van der Waals surface area contributed by atoms with E-state index in [1.165, 1.54) is 11.3 Å². The first-order valence-electron chi connectivity index (χ1n) is 7.98. The molecule has 1 aliphatic heterocycles. The van der Waals surface area contributed by atoms with Gasteiger partial charge in [-0.3, -0.25) is 4.79 Å². The molecule has 1 aliphatic rings. The van der Waals surface area contributed by atoms with E-state index in [0.717, 1.165) is 62.0 Å². The molecule has 23 heavy (non-hydrogen) atoms. The smallest absolute Gasteiger partial charge is 0.226 e. The van der Waals surface area contributed by atoms with Crippen LogP contribution in [-0.2, 0) is 11.2 Å². The third kappa shape index (κ3) is 4.89. The van der Waals surface area contributed by atoms with E-state index in [-0.39, 0.29) is 5.91 Å². The number of aromatic nitrogens is 1. The molecule has 0 radical (unpaired) electrons. The van der Waals surface area contributed by atoms with Gasteiger partial charge in [-0.05, 0) is 19.0 Å². The van der Waals surface area contributed by atoms with Gasteiger partial charge < -0.3 is 20.0 Å². The molecule has 0 aliphatic carbocycles. The number of amides is 1. The zero-order valence-corrected chi connectivity index (χ0v) is 13.9. The van der Waals surface area contributed by atoms with E-state index in [9.17, 15) is 4.79 Å². The molecule has 6 nitrogen and oxygen atoms in total. The van der Waals surface area contributed by atoms with Crippen LogP contribution in [0.25, 0.3) is 10.6 Å². The van der Waals surface area contributed by atoms with Crippen molar-refractivity contribution in [3.63, 3.8) is 0 Å². The van der Waals surface area contributed by atoms with Crippen molar-refractivity contribution >= 4 is 17.2 Å². The fourth-order valence-electron chi connectivity index (χ4n) is 2.60. The lowest BCUT2D eigenvalue weighted by atomic mass is 10.3. The van der Waals surface area contributed by atoms with E-state index in [4.69, 9.17) is 4.42 Å². The maximum atomic E-state index is 12.0. The first kappa shape index (κ1) is 16.2. The SMILES string of the molecule is O=C(Cc1csc(-c2ccoc2)n1)NCCCN1CCNCC1. The second-order valence-electron chi connectivity index (χ2n) is 5.63. The molecule has 0 aromatic carbocycles. The molecule has 3 heterocycles. The van der Waals surface area contributed by atoms with Crippen LogP contribution in [0.1, 0.15) is 12.1 Å². The number of carbonyl (C=O) groups excluding carboxylic acids is 1. The van der Waals surface area contributed by atoms with Gasteiger partial charge in [-0.2, -0.15) is 0 Å². The summed E-state index contributed by atoms with van der Waals surface area (Å²) >= 11 is 1.53. The normalized spacial score (nSPS) is 15.7. The molecule has 0 spiro atoms. The Morgan fingerprint density at radius 1 is 1.43 bits per heavy atom. The van der Waals surface area contributed by atoms with Crippen LogP contribution >= 0.6 is 11.3 Å². The maximum absolute atomic E-state index is 12.0. The molecular formula is C16H22N4O2S. The molecule has 1 saturated heterocycles. The lowest BCUT2D eigenvalue weighted by molar-refractivity contribution is -0.120. The molecule has 0 bridgehead atoms. The van der Waals surface area contributed by atoms with Gasteiger partial charge in [0.25, 0.3) is 0 Å². The lowest BCUT2D eigenvalue weighted by Crippen LogP contribution is -2.44. The Morgan fingerprint density at radius 2 is 2.30 bits per heavy atom. The van der Waals surface area contributed by atoms with E-state index in [1.54, 1.807) is 12.5 Å². The average Bonchev–Trinajstić information content (AvgIpc) is 3.24. The van der Waals surface area contributed by atoms with Crippen LogP contribution in [-0.4, -0.2) is 55.1 Å². The van der Waals surface area contributed by atoms with Gasteiger partial charge in [-0.1, -0.05) is 0 Å². The largest absolute Gasteiger partial charge is 0.472 e. The van der Waals surface area contributed by atoms with Crippen LogP contribution in [0.5, 0.6) is 0 Å². The number of furan rings is 1. The van der Waals surface area contributed by atoms with Crippen molar-refractivity contribution in [3.05, 3.63) is 29.7 Å². The second kappa shape index (κ2) is 8.24. The summed E-state index contributed by atoms with van der Waals surface area (Å²) in [4.78, 5) is 18.9. The molecule has 2 aromatic rings. The molecule has 2 N–H and O–H groups in total. The molecule has 2 aromatic heterocycles. The highest BCUT2D eigenvalue weighted by atomic mass is 32.1. The topological polar surface area (TPSA) is 70.4 Å². The van der Waals surface area contributed by atoms with E-state index in [2.05, 4.69) is 20.5 Å². The van der Waals surface area contributed by atoms with Crippen molar-refractivity contribution in [2.24, 2.45) is 0 Å². The van der Waals surface area contributed by atoms with Crippen molar-refractivity contribution in [2.75, 3.05) is 39.3 Å². The van der Waals surface area contributed by atoms with Crippen molar-refractivity contribution in [1.82, 2.24) is 20.5 Å². The minimum Gasteiger partial charge on any atom is -0.472 e. The number of piperazine rings is 1. The highest BCUT2D eigenvalue weighted by molar-refractivity contribution is 7.13. The Labute approximate surface area is 139 Å². The van der Waals surface area contributed by atoms with E-state index >= 15 is 0 Å². The number of nitrogens with one attached hydrogen (secondary N) is 2. The Balaban J connectivity index is 1.36. The van der Waals surface area contributed by atoms with Crippen LogP contribution in [0.2, 0.25) is 0 Å². The number of rotatable bonds is 7. The van der Waals surface area contributed by atoms with Crippen molar-refractivity contribution in [1.29, 1.82) is 0 Å². The Bertz CT molecular complexity index is 605. The molecule has 1 amide bonds. The Morgan fingerprint density at radius 3 is 3.09 bits per heavy atom. The fourth-order valence-corrected chi connectivity index (χ4v) is 3.41. The van der Waals surface area contributed by atoms with Gasteiger partial charge in [0.1, 0.15) is 11.3 Å². The summed E-state index contributed by atoms with van der Waals surface area (Å²) in [7, 11) is 0. The molecular weight excluding hydrogens is 312 g/mol. The maximum Gasteiger partial charge on any atom is 0.226 e. The summed E-state index contributed by atoms with van der Waals surface area (Å²) in [5, 5.41) is 9.14. The van der Waals surface area contributed by atoms with Gasteiger partial charge >= 0.3 is 0 Å². The van der Waals surface area contributed by atoms with Crippen LogP contribution in [0.4, 0.5) is 0 Å². The highest BCUT2D eigenvalue weighted by Crippen LogP contribution is 2.23. The zero-order valence-electron chi connectivity index (χ0n) is 13.1. The van der Waals surface area contributed by atoms with Crippen molar-refractivity contribution in [2.45, 2.75) is 12.8 Å². The van der Waals surface area contributed by atoms with Gasteiger partial charge in [0.2, 0.25) is 5.91 Å². The molecule has 124 valence electrons. The quantitative estimate of drug-likeness (QED) is 0.748. The summed E-state index contributed by atoms with van der Waals surface area (Å²) in [5.74, 6) is 0.0364. The number of carbonyl (C=O) groups is 1. The predicted octanol–water partition coefficient (Wildman–Crippen LogP) is 1.36. The van der Waals surface area contributed by atoms with Gasteiger partial charge in [0, 0.05) is 43.7 Å². The number of hydrogen-bond donors (Lipinski definition) is 2. The van der Waals surface area contributed by atoms with E-state index in [1.807, 2.05) is 11.4 Å².